The molecule has 0 unspecified atom stereocenters. The summed E-state index contributed by atoms with van der Waals surface area (Å²) in [7, 11) is 3.02. The van der Waals surface area contributed by atoms with E-state index in [0.717, 1.165) is 5.56 Å². The quantitative estimate of drug-likeness (QED) is 0.629. The van der Waals surface area contributed by atoms with Gasteiger partial charge < -0.3 is 29.6 Å². The van der Waals surface area contributed by atoms with E-state index in [9.17, 15) is 9.59 Å². The highest BCUT2D eigenvalue weighted by Crippen LogP contribution is 2.29. The molecule has 0 fully saturated rings. The minimum absolute atomic E-state index is 0.0494. The van der Waals surface area contributed by atoms with Gasteiger partial charge in [0.25, 0.3) is 0 Å². The fourth-order valence-electron chi connectivity index (χ4n) is 2.63. The van der Waals surface area contributed by atoms with Crippen LogP contribution in [0.1, 0.15) is 26.3 Å². The van der Waals surface area contributed by atoms with Crippen LogP contribution in [0.25, 0.3) is 0 Å². The number of alkyl carbamates (subject to hydrolysis) is 1. The molecular formula is C23H30N2O6. The summed E-state index contributed by atoms with van der Waals surface area (Å²) in [6, 6.07) is 13.6. The number of anilines is 1. The summed E-state index contributed by atoms with van der Waals surface area (Å²) in [5.41, 5.74) is 0.658. The van der Waals surface area contributed by atoms with Gasteiger partial charge in [0.1, 0.15) is 23.1 Å². The highest BCUT2D eigenvalue weighted by molar-refractivity contribution is 5.98. The van der Waals surface area contributed by atoms with Gasteiger partial charge in [0.05, 0.1) is 33.1 Å². The summed E-state index contributed by atoms with van der Waals surface area (Å²) in [5, 5.41) is 5.33. The summed E-state index contributed by atoms with van der Waals surface area (Å²) >= 11 is 0. The second-order valence-corrected chi connectivity index (χ2v) is 7.76. The van der Waals surface area contributed by atoms with Crippen molar-refractivity contribution in [2.75, 3.05) is 26.1 Å². The molecule has 0 bridgehead atoms. The molecule has 0 aliphatic carbocycles. The van der Waals surface area contributed by atoms with Crippen LogP contribution in [0.3, 0.4) is 0 Å². The Morgan fingerprint density at radius 1 is 1.00 bits per heavy atom. The Morgan fingerprint density at radius 3 is 2.32 bits per heavy atom. The van der Waals surface area contributed by atoms with E-state index in [4.69, 9.17) is 18.9 Å². The van der Waals surface area contributed by atoms with Gasteiger partial charge in [-0.15, -0.1) is 0 Å². The molecule has 31 heavy (non-hydrogen) atoms. The summed E-state index contributed by atoms with van der Waals surface area (Å²) in [4.78, 5) is 25.2. The molecule has 0 aromatic heterocycles. The molecular weight excluding hydrogens is 400 g/mol. The number of methoxy groups -OCH3 is 2. The van der Waals surface area contributed by atoms with Crippen LogP contribution in [0.4, 0.5) is 10.5 Å². The molecule has 0 radical (unpaired) electrons. The molecule has 2 aromatic rings. The molecule has 0 saturated carbocycles. The van der Waals surface area contributed by atoms with Gasteiger partial charge in [-0.2, -0.15) is 0 Å². The summed E-state index contributed by atoms with van der Waals surface area (Å²) < 4.78 is 21.5. The third-order valence-electron chi connectivity index (χ3n) is 4.07. The smallest absolute Gasteiger partial charge is 0.408 e. The molecule has 0 aliphatic heterocycles. The Hall–Kier alpha value is -3.26. The lowest BCUT2D eigenvalue weighted by Gasteiger charge is -2.23. The number of benzene rings is 2. The van der Waals surface area contributed by atoms with Crippen LogP contribution >= 0.6 is 0 Å². The van der Waals surface area contributed by atoms with E-state index in [1.54, 1.807) is 39.0 Å². The highest BCUT2D eigenvalue weighted by Gasteiger charge is 2.25. The maximum absolute atomic E-state index is 13.0. The molecule has 2 N–H and O–H groups in total. The third kappa shape index (κ3) is 8.18. The number of carbonyl (C=O) groups excluding carboxylic acids is 2. The number of rotatable bonds is 9. The zero-order valence-corrected chi connectivity index (χ0v) is 18.6. The third-order valence-corrected chi connectivity index (χ3v) is 4.07. The molecule has 1 atom stereocenters. The van der Waals surface area contributed by atoms with Gasteiger partial charge in [-0.1, -0.05) is 30.3 Å². The van der Waals surface area contributed by atoms with E-state index in [0.29, 0.717) is 23.8 Å². The highest BCUT2D eigenvalue weighted by atomic mass is 16.6. The Morgan fingerprint density at radius 2 is 1.71 bits per heavy atom. The lowest BCUT2D eigenvalue weighted by Crippen LogP contribution is -2.48. The van der Waals surface area contributed by atoms with Crippen LogP contribution in [0.15, 0.2) is 48.5 Å². The van der Waals surface area contributed by atoms with E-state index in [1.807, 2.05) is 30.3 Å². The van der Waals surface area contributed by atoms with Crippen LogP contribution in [0.5, 0.6) is 11.5 Å². The summed E-state index contributed by atoms with van der Waals surface area (Å²) in [5.74, 6) is 0.522. The van der Waals surface area contributed by atoms with Crippen LogP contribution in [-0.4, -0.2) is 44.5 Å². The van der Waals surface area contributed by atoms with Gasteiger partial charge >= 0.3 is 6.09 Å². The van der Waals surface area contributed by atoms with Crippen molar-refractivity contribution >= 4 is 17.7 Å². The second kappa shape index (κ2) is 11.2. The van der Waals surface area contributed by atoms with Crippen molar-refractivity contribution < 1.29 is 28.5 Å². The molecule has 0 spiro atoms. The van der Waals surface area contributed by atoms with Crippen LogP contribution in [0, 0.1) is 0 Å². The summed E-state index contributed by atoms with van der Waals surface area (Å²) in [6.07, 6.45) is -0.714. The van der Waals surface area contributed by atoms with Crippen molar-refractivity contribution in [3.63, 3.8) is 0 Å². The first kappa shape index (κ1) is 24.0. The average Bonchev–Trinajstić information content (AvgIpc) is 2.72. The molecule has 0 aliphatic rings. The first-order valence-corrected chi connectivity index (χ1v) is 9.86. The minimum atomic E-state index is -0.991. The van der Waals surface area contributed by atoms with Crippen molar-refractivity contribution in [3.05, 3.63) is 54.1 Å². The van der Waals surface area contributed by atoms with E-state index < -0.39 is 23.6 Å². The van der Waals surface area contributed by atoms with Gasteiger partial charge in [-0.25, -0.2) is 4.79 Å². The zero-order chi connectivity index (χ0) is 22.9. The minimum Gasteiger partial charge on any atom is -0.497 e. The van der Waals surface area contributed by atoms with Crippen molar-refractivity contribution in [1.29, 1.82) is 0 Å². The molecule has 8 nitrogen and oxygen atoms in total. The Kier molecular flexibility index (Phi) is 8.69. The largest absolute Gasteiger partial charge is 0.497 e. The van der Waals surface area contributed by atoms with Gasteiger partial charge in [0.2, 0.25) is 5.91 Å². The number of amides is 2. The van der Waals surface area contributed by atoms with Gasteiger partial charge in [0.15, 0.2) is 0 Å². The first-order valence-electron chi connectivity index (χ1n) is 9.86. The fraction of sp³-hybridized carbons (Fsp3) is 0.391. The second-order valence-electron chi connectivity index (χ2n) is 7.76. The van der Waals surface area contributed by atoms with E-state index in [2.05, 4.69) is 10.6 Å². The van der Waals surface area contributed by atoms with Gasteiger partial charge in [-0.05, 0) is 38.5 Å². The first-order chi connectivity index (χ1) is 14.7. The van der Waals surface area contributed by atoms with Crippen LogP contribution in [-0.2, 0) is 20.9 Å². The van der Waals surface area contributed by atoms with Crippen LogP contribution in [0.2, 0.25) is 0 Å². The van der Waals surface area contributed by atoms with Crippen molar-refractivity contribution in [1.82, 2.24) is 5.32 Å². The number of nitrogens with one attached hydrogen (secondary N) is 2. The SMILES string of the molecule is COc1ccc(OC)c(NC(=O)[C@@H](COCc2ccccc2)NC(=O)OC(C)(C)C)c1. The zero-order valence-electron chi connectivity index (χ0n) is 18.6. The maximum atomic E-state index is 13.0. The molecule has 2 amide bonds. The maximum Gasteiger partial charge on any atom is 0.408 e. The Balaban J connectivity index is 2.11. The topological polar surface area (TPSA) is 95.1 Å². The van der Waals surface area contributed by atoms with Crippen molar-refractivity contribution in [3.8, 4) is 11.5 Å². The normalized spacial score (nSPS) is 11.9. The van der Waals surface area contributed by atoms with Crippen molar-refractivity contribution in [2.45, 2.75) is 39.0 Å². The molecule has 0 saturated heterocycles. The molecule has 0 heterocycles. The number of carbonyl (C=O) groups is 2. The average molecular weight is 431 g/mol. The van der Waals surface area contributed by atoms with Gasteiger partial charge in [0, 0.05) is 6.07 Å². The van der Waals surface area contributed by atoms with E-state index >= 15 is 0 Å². The fourth-order valence-corrected chi connectivity index (χ4v) is 2.63. The van der Waals surface area contributed by atoms with Crippen molar-refractivity contribution in [2.24, 2.45) is 0 Å². The lowest BCUT2D eigenvalue weighted by atomic mass is 10.2. The summed E-state index contributed by atoms with van der Waals surface area (Å²) in [6.45, 7) is 5.48. The predicted octanol–water partition coefficient (Wildman–Crippen LogP) is 3.75. The number of hydrogen-bond acceptors (Lipinski definition) is 6. The predicted molar refractivity (Wildman–Crippen MR) is 117 cm³/mol. The monoisotopic (exact) mass is 430 g/mol. The number of ether oxygens (including phenoxy) is 4. The molecule has 2 rings (SSSR count). The molecule has 2 aromatic carbocycles. The van der Waals surface area contributed by atoms with Crippen LogP contribution < -0.4 is 20.1 Å². The van der Waals surface area contributed by atoms with E-state index in [1.165, 1.54) is 14.2 Å². The number of hydrogen-bond donors (Lipinski definition) is 2. The Labute approximate surface area is 182 Å². The lowest BCUT2D eigenvalue weighted by molar-refractivity contribution is -0.119. The van der Waals surface area contributed by atoms with Gasteiger partial charge in [-0.3, -0.25) is 4.79 Å². The molecule has 168 valence electrons. The standard InChI is InChI=1S/C23H30N2O6/c1-23(2,3)31-22(27)25-19(15-30-14-16-9-7-6-8-10-16)21(26)24-18-13-17(28-4)11-12-20(18)29-5/h6-13,19H,14-15H2,1-5H3,(H,24,26)(H,25,27)/t19-/m1/s1. The Bertz CT molecular complexity index is 864. The molecule has 8 heteroatoms. The van der Waals surface area contributed by atoms with E-state index in [-0.39, 0.29) is 6.61 Å².